The summed E-state index contributed by atoms with van der Waals surface area (Å²) in [6, 6.07) is 13.5. The van der Waals surface area contributed by atoms with E-state index in [0.717, 1.165) is 18.2 Å². The van der Waals surface area contributed by atoms with Gasteiger partial charge in [0, 0.05) is 23.3 Å². The molecular weight excluding hydrogens is 474 g/mol. The minimum absolute atomic E-state index is 0.131. The topological polar surface area (TPSA) is 102 Å². The molecule has 0 saturated heterocycles. The zero-order valence-electron chi connectivity index (χ0n) is 19.1. The number of hydrogen-bond donors (Lipinski definition) is 2. The lowest BCUT2D eigenvalue weighted by Crippen LogP contribution is -2.46. The SMILES string of the molecule is COc1cc2nccc(Oc3ccc(NC(=O)N(NC=O)c4c(F)cccc4F)cc3)c2cc1OC. The van der Waals surface area contributed by atoms with Gasteiger partial charge in [0.2, 0.25) is 6.41 Å². The minimum Gasteiger partial charge on any atom is -0.493 e. The molecule has 0 aliphatic rings. The second-order valence-corrected chi connectivity index (χ2v) is 7.24. The molecule has 0 spiro atoms. The second kappa shape index (κ2) is 10.6. The fourth-order valence-electron chi connectivity index (χ4n) is 3.43. The highest BCUT2D eigenvalue weighted by atomic mass is 19.1. The van der Waals surface area contributed by atoms with Crippen LogP contribution in [0.5, 0.6) is 23.0 Å². The summed E-state index contributed by atoms with van der Waals surface area (Å²) in [6.07, 6.45) is 1.72. The first-order chi connectivity index (χ1) is 17.4. The van der Waals surface area contributed by atoms with Crippen LogP contribution in [0.2, 0.25) is 0 Å². The second-order valence-electron chi connectivity index (χ2n) is 7.24. The molecule has 3 amide bonds. The number of aromatic nitrogens is 1. The minimum atomic E-state index is -1.03. The number of methoxy groups -OCH3 is 2. The van der Waals surface area contributed by atoms with Crippen molar-refractivity contribution in [1.29, 1.82) is 0 Å². The van der Waals surface area contributed by atoms with Gasteiger partial charge in [0.15, 0.2) is 23.1 Å². The number of halogens is 2. The van der Waals surface area contributed by atoms with Crippen molar-refractivity contribution in [2.45, 2.75) is 0 Å². The first-order valence-corrected chi connectivity index (χ1v) is 10.5. The third-order valence-corrected chi connectivity index (χ3v) is 5.09. The van der Waals surface area contributed by atoms with Gasteiger partial charge in [0.25, 0.3) is 0 Å². The Hall–Kier alpha value is -4.93. The molecule has 0 fully saturated rings. The molecule has 11 heteroatoms. The zero-order valence-corrected chi connectivity index (χ0v) is 19.1. The van der Waals surface area contributed by atoms with E-state index < -0.39 is 23.4 Å². The molecule has 9 nitrogen and oxygen atoms in total. The fraction of sp³-hybridized carbons (Fsp3) is 0.0800. The van der Waals surface area contributed by atoms with Crippen LogP contribution in [-0.2, 0) is 4.79 Å². The van der Waals surface area contributed by atoms with Gasteiger partial charge in [-0.3, -0.25) is 15.2 Å². The molecule has 2 N–H and O–H groups in total. The van der Waals surface area contributed by atoms with Crippen LogP contribution >= 0.6 is 0 Å². The van der Waals surface area contributed by atoms with Crippen LogP contribution in [0.25, 0.3) is 10.9 Å². The van der Waals surface area contributed by atoms with E-state index in [1.807, 2.05) is 5.43 Å². The number of ether oxygens (including phenoxy) is 3. The molecule has 184 valence electrons. The number of anilines is 2. The highest BCUT2D eigenvalue weighted by Gasteiger charge is 2.23. The lowest BCUT2D eigenvalue weighted by Gasteiger charge is -2.22. The number of para-hydroxylation sites is 1. The summed E-state index contributed by atoms with van der Waals surface area (Å²) in [4.78, 5) is 27.9. The summed E-state index contributed by atoms with van der Waals surface area (Å²) in [5, 5.41) is 3.59. The maximum atomic E-state index is 14.1. The number of fused-ring (bicyclic) bond motifs is 1. The van der Waals surface area contributed by atoms with Crippen LogP contribution in [-0.4, -0.2) is 31.6 Å². The van der Waals surface area contributed by atoms with Gasteiger partial charge in [0.05, 0.1) is 19.7 Å². The summed E-state index contributed by atoms with van der Waals surface area (Å²) in [7, 11) is 3.06. The van der Waals surface area contributed by atoms with Gasteiger partial charge in [-0.1, -0.05) is 6.07 Å². The van der Waals surface area contributed by atoms with E-state index in [1.165, 1.54) is 26.4 Å². The van der Waals surface area contributed by atoms with Crippen molar-refractivity contribution in [2.24, 2.45) is 0 Å². The maximum Gasteiger partial charge on any atom is 0.345 e. The van der Waals surface area contributed by atoms with Crippen molar-refractivity contribution < 1.29 is 32.6 Å². The highest BCUT2D eigenvalue weighted by molar-refractivity contribution is 6.02. The Morgan fingerprint density at radius 2 is 1.61 bits per heavy atom. The Morgan fingerprint density at radius 3 is 2.25 bits per heavy atom. The third kappa shape index (κ3) is 4.94. The number of nitrogens with one attached hydrogen (secondary N) is 2. The van der Waals surface area contributed by atoms with Crippen LogP contribution in [0.1, 0.15) is 0 Å². The molecule has 0 bridgehead atoms. The van der Waals surface area contributed by atoms with Gasteiger partial charge < -0.3 is 19.5 Å². The molecule has 0 unspecified atom stereocenters. The number of rotatable bonds is 8. The number of hydrazine groups is 1. The number of nitrogens with zero attached hydrogens (tertiary/aromatic N) is 2. The van der Waals surface area contributed by atoms with E-state index in [4.69, 9.17) is 14.2 Å². The number of pyridine rings is 1. The Morgan fingerprint density at radius 1 is 0.944 bits per heavy atom. The number of urea groups is 1. The van der Waals surface area contributed by atoms with E-state index in [0.29, 0.717) is 38.9 Å². The van der Waals surface area contributed by atoms with Crippen LogP contribution < -0.4 is 30.0 Å². The summed E-state index contributed by atoms with van der Waals surface area (Å²) < 4.78 is 44.9. The molecule has 36 heavy (non-hydrogen) atoms. The molecule has 3 aromatic carbocycles. The van der Waals surface area contributed by atoms with Gasteiger partial charge in [-0.05, 0) is 48.5 Å². The van der Waals surface area contributed by atoms with Gasteiger partial charge in [0.1, 0.15) is 17.2 Å². The number of carbonyl (C=O) groups excluding carboxylic acids is 2. The van der Waals surface area contributed by atoms with Crippen molar-refractivity contribution in [3.63, 3.8) is 0 Å². The monoisotopic (exact) mass is 494 g/mol. The standard InChI is InChI=1S/C25H20F2N4O5/c1-34-22-12-17-20(13-23(22)35-2)28-11-10-21(17)36-16-8-6-15(7-9-16)30-25(33)31(29-14-32)24-18(26)4-3-5-19(24)27/h3-14H,1-2H3,(H,29,32)(H,30,33). The van der Waals surface area contributed by atoms with Gasteiger partial charge in [-0.15, -0.1) is 0 Å². The van der Waals surface area contributed by atoms with Crippen LogP contribution in [0, 0.1) is 11.6 Å². The Labute approximate surface area is 204 Å². The Kier molecular flexibility index (Phi) is 7.10. The maximum absolute atomic E-state index is 14.1. The van der Waals surface area contributed by atoms with Crippen molar-refractivity contribution in [1.82, 2.24) is 10.4 Å². The average Bonchev–Trinajstić information content (AvgIpc) is 2.88. The van der Waals surface area contributed by atoms with Crippen molar-refractivity contribution in [2.75, 3.05) is 24.5 Å². The van der Waals surface area contributed by atoms with E-state index in [-0.39, 0.29) is 12.1 Å². The molecule has 0 aliphatic heterocycles. The smallest absolute Gasteiger partial charge is 0.345 e. The zero-order chi connectivity index (χ0) is 25.7. The quantitative estimate of drug-likeness (QED) is 0.263. The van der Waals surface area contributed by atoms with Crippen LogP contribution in [0.15, 0.2) is 66.9 Å². The van der Waals surface area contributed by atoms with Gasteiger partial charge >= 0.3 is 6.03 Å². The molecule has 0 atom stereocenters. The molecule has 0 radical (unpaired) electrons. The lowest BCUT2D eigenvalue weighted by atomic mass is 10.2. The van der Waals surface area contributed by atoms with E-state index in [9.17, 15) is 18.4 Å². The van der Waals surface area contributed by atoms with Crippen molar-refractivity contribution >= 4 is 34.7 Å². The molecule has 0 aliphatic carbocycles. The largest absolute Gasteiger partial charge is 0.493 e. The normalized spacial score (nSPS) is 10.4. The molecule has 0 saturated carbocycles. The Bertz CT molecular complexity index is 1400. The van der Waals surface area contributed by atoms with Crippen molar-refractivity contribution in [3.05, 3.63) is 78.5 Å². The fourth-order valence-corrected chi connectivity index (χ4v) is 3.43. The van der Waals surface area contributed by atoms with E-state index >= 15 is 0 Å². The van der Waals surface area contributed by atoms with E-state index in [2.05, 4.69) is 10.3 Å². The van der Waals surface area contributed by atoms with Crippen molar-refractivity contribution in [3.8, 4) is 23.0 Å². The predicted octanol–water partition coefficient (Wildman–Crippen LogP) is 5.02. The molecule has 4 aromatic rings. The summed E-state index contributed by atoms with van der Waals surface area (Å²) in [5.74, 6) is -0.0552. The Balaban J connectivity index is 1.54. The molecule has 1 heterocycles. The van der Waals surface area contributed by atoms with E-state index in [1.54, 1.807) is 36.5 Å². The highest BCUT2D eigenvalue weighted by Crippen LogP contribution is 2.37. The van der Waals surface area contributed by atoms with Gasteiger partial charge in [-0.25, -0.2) is 13.6 Å². The average molecular weight is 494 g/mol. The number of carbonyl (C=O) groups is 2. The van der Waals surface area contributed by atoms with Gasteiger partial charge in [-0.2, -0.15) is 5.01 Å². The number of amides is 3. The molecular formula is C25H20F2N4O5. The first-order valence-electron chi connectivity index (χ1n) is 10.5. The number of benzene rings is 3. The summed E-state index contributed by atoms with van der Waals surface area (Å²) in [6.45, 7) is 0. The predicted molar refractivity (Wildman–Crippen MR) is 128 cm³/mol. The van der Waals surface area contributed by atoms with Crippen LogP contribution in [0.4, 0.5) is 25.0 Å². The third-order valence-electron chi connectivity index (χ3n) is 5.09. The number of hydrogen-bond acceptors (Lipinski definition) is 6. The summed E-state index contributed by atoms with van der Waals surface area (Å²) >= 11 is 0. The molecule has 4 rings (SSSR count). The molecule has 1 aromatic heterocycles. The van der Waals surface area contributed by atoms with Crippen LogP contribution in [0.3, 0.4) is 0 Å². The summed E-state index contributed by atoms with van der Waals surface area (Å²) in [5.41, 5.74) is 2.19. The lowest BCUT2D eigenvalue weighted by molar-refractivity contribution is -0.109. The first kappa shape index (κ1) is 24.2.